The molecule has 136 valence electrons. The fourth-order valence-corrected chi connectivity index (χ4v) is 3.85. The van der Waals surface area contributed by atoms with Gasteiger partial charge in [-0.15, -0.1) is 11.3 Å². The van der Waals surface area contributed by atoms with Crippen LogP contribution in [0.3, 0.4) is 0 Å². The monoisotopic (exact) mass is 372 g/mol. The van der Waals surface area contributed by atoms with E-state index < -0.39 is 0 Å². The lowest BCUT2D eigenvalue weighted by atomic mass is 9.98. The Bertz CT molecular complexity index is 829. The molecule has 2 N–H and O–H groups in total. The van der Waals surface area contributed by atoms with Crippen molar-refractivity contribution in [2.75, 3.05) is 13.1 Å². The number of carbonyl (C=O) groups excluding carboxylic acids is 1. The van der Waals surface area contributed by atoms with Gasteiger partial charge < -0.3 is 19.7 Å². The van der Waals surface area contributed by atoms with Gasteiger partial charge in [-0.25, -0.2) is 9.78 Å². The van der Waals surface area contributed by atoms with Crippen LogP contribution in [0, 0.1) is 0 Å². The summed E-state index contributed by atoms with van der Waals surface area (Å²) in [4.78, 5) is 27.2. The minimum absolute atomic E-state index is 0.112. The maximum absolute atomic E-state index is 12.4. The first-order valence-corrected chi connectivity index (χ1v) is 9.52. The molecule has 0 unspecified atom stereocenters. The van der Waals surface area contributed by atoms with Crippen molar-refractivity contribution in [3.05, 3.63) is 52.3 Å². The molecule has 0 aliphatic carbocycles. The number of aromatic nitrogens is 4. The fourth-order valence-electron chi connectivity index (χ4n) is 3.15. The van der Waals surface area contributed by atoms with Crippen LogP contribution in [0.25, 0.3) is 0 Å². The number of hydrogen-bond donors (Lipinski definition) is 2. The van der Waals surface area contributed by atoms with Crippen LogP contribution in [-0.4, -0.2) is 44.1 Å². The first-order valence-electron chi connectivity index (χ1n) is 8.64. The summed E-state index contributed by atoms with van der Waals surface area (Å²) in [6.07, 6.45) is 6.21. The van der Waals surface area contributed by atoms with Crippen molar-refractivity contribution in [3.63, 3.8) is 0 Å². The molecular weight excluding hydrogens is 352 g/mol. The van der Waals surface area contributed by atoms with Gasteiger partial charge >= 0.3 is 6.03 Å². The Kier molecular flexibility index (Phi) is 4.96. The summed E-state index contributed by atoms with van der Waals surface area (Å²) in [5, 5.41) is 8.86. The highest BCUT2D eigenvalue weighted by Crippen LogP contribution is 2.24. The van der Waals surface area contributed by atoms with Crippen LogP contribution >= 0.6 is 11.3 Å². The Morgan fingerprint density at radius 3 is 3.27 bits per heavy atom. The van der Waals surface area contributed by atoms with Crippen LogP contribution in [0.1, 0.15) is 41.2 Å². The highest BCUT2D eigenvalue weighted by Gasteiger charge is 2.26. The van der Waals surface area contributed by atoms with Gasteiger partial charge in [0.2, 0.25) is 5.89 Å². The first-order chi connectivity index (χ1) is 12.8. The highest BCUT2D eigenvalue weighted by molar-refractivity contribution is 7.09. The number of urea groups is 1. The molecule has 3 aromatic heterocycles. The predicted molar refractivity (Wildman–Crippen MR) is 95.8 cm³/mol. The van der Waals surface area contributed by atoms with E-state index in [9.17, 15) is 4.79 Å². The van der Waals surface area contributed by atoms with Gasteiger partial charge in [0.1, 0.15) is 5.82 Å². The molecule has 3 aromatic rings. The van der Waals surface area contributed by atoms with E-state index in [-0.39, 0.29) is 18.5 Å². The maximum atomic E-state index is 12.4. The summed E-state index contributed by atoms with van der Waals surface area (Å²) in [5.74, 6) is 2.25. The molecule has 2 amide bonds. The van der Waals surface area contributed by atoms with Crippen LogP contribution in [0.4, 0.5) is 4.79 Å². The summed E-state index contributed by atoms with van der Waals surface area (Å²) in [6, 6.07) is 3.92. The molecule has 4 heterocycles. The smallest absolute Gasteiger partial charge is 0.317 e. The second-order valence-electron chi connectivity index (χ2n) is 6.28. The van der Waals surface area contributed by atoms with Gasteiger partial charge in [0, 0.05) is 42.7 Å². The number of amides is 2. The average molecular weight is 372 g/mol. The van der Waals surface area contributed by atoms with Crippen molar-refractivity contribution >= 4 is 17.4 Å². The molecule has 0 bridgehead atoms. The van der Waals surface area contributed by atoms with Gasteiger partial charge in [-0.05, 0) is 24.3 Å². The molecule has 9 heteroatoms. The lowest BCUT2D eigenvalue weighted by Crippen LogP contribution is -2.44. The van der Waals surface area contributed by atoms with Gasteiger partial charge in [-0.2, -0.15) is 4.98 Å². The van der Waals surface area contributed by atoms with Crippen LogP contribution in [0.2, 0.25) is 0 Å². The number of nitrogens with one attached hydrogen (secondary N) is 2. The van der Waals surface area contributed by atoms with Crippen LogP contribution in [0.5, 0.6) is 0 Å². The van der Waals surface area contributed by atoms with Gasteiger partial charge in [-0.3, -0.25) is 0 Å². The molecule has 1 fully saturated rings. The Morgan fingerprint density at radius 2 is 2.46 bits per heavy atom. The molecule has 0 spiro atoms. The number of piperidine rings is 1. The zero-order valence-corrected chi connectivity index (χ0v) is 15.0. The van der Waals surface area contributed by atoms with Crippen molar-refractivity contribution in [1.29, 1.82) is 0 Å². The number of likely N-dealkylation sites (tertiary alicyclic amines) is 1. The highest BCUT2D eigenvalue weighted by atomic mass is 32.1. The molecule has 8 nitrogen and oxygen atoms in total. The van der Waals surface area contributed by atoms with E-state index >= 15 is 0 Å². The Morgan fingerprint density at radius 1 is 1.50 bits per heavy atom. The molecule has 1 aliphatic rings. The molecule has 0 saturated carbocycles. The molecule has 1 saturated heterocycles. The molecule has 0 aromatic carbocycles. The zero-order valence-electron chi connectivity index (χ0n) is 14.2. The topological polar surface area (TPSA) is 99.9 Å². The molecule has 26 heavy (non-hydrogen) atoms. The van der Waals surface area contributed by atoms with Crippen LogP contribution < -0.4 is 5.32 Å². The number of hydrogen-bond acceptors (Lipinski definition) is 6. The third kappa shape index (κ3) is 3.93. The minimum atomic E-state index is -0.112. The van der Waals surface area contributed by atoms with Crippen LogP contribution in [-0.2, 0) is 13.0 Å². The van der Waals surface area contributed by atoms with Crippen molar-refractivity contribution in [2.45, 2.75) is 31.7 Å². The van der Waals surface area contributed by atoms with Gasteiger partial charge in [0.25, 0.3) is 0 Å². The van der Waals surface area contributed by atoms with E-state index in [1.807, 2.05) is 28.6 Å². The van der Waals surface area contributed by atoms with E-state index in [4.69, 9.17) is 4.52 Å². The normalized spacial score (nSPS) is 17.4. The quantitative estimate of drug-likeness (QED) is 0.717. The van der Waals surface area contributed by atoms with Crippen molar-refractivity contribution < 1.29 is 9.32 Å². The standard InChI is InChI=1S/C17H20N6O2S/c24-17(23-7-1-3-12(11-23)16-18-5-6-19-16)20-10-15-21-14(22-25-15)9-13-4-2-8-26-13/h2,4-6,8,12H,1,3,7,9-11H2,(H,18,19)(H,20,24)/t12-/m1/s1. The fraction of sp³-hybridized carbons (Fsp3) is 0.412. The first kappa shape index (κ1) is 16.8. The minimum Gasteiger partial charge on any atom is -0.348 e. The van der Waals surface area contributed by atoms with E-state index in [0.29, 0.717) is 24.7 Å². The molecule has 0 radical (unpaired) electrons. The number of nitrogens with zero attached hydrogens (tertiary/aromatic N) is 4. The van der Waals surface area contributed by atoms with E-state index in [2.05, 4.69) is 25.4 Å². The number of carbonyl (C=O) groups is 1. The van der Waals surface area contributed by atoms with Crippen molar-refractivity contribution in [3.8, 4) is 0 Å². The van der Waals surface area contributed by atoms with E-state index in [0.717, 1.165) is 25.2 Å². The number of imidazole rings is 1. The second-order valence-corrected chi connectivity index (χ2v) is 7.31. The third-order valence-electron chi connectivity index (χ3n) is 4.43. The van der Waals surface area contributed by atoms with Gasteiger partial charge in [-0.1, -0.05) is 11.2 Å². The lowest BCUT2D eigenvalue weighted by molar-refractivity contribution is 0.176. The molecule has 1 atom stereocenters. The second kappa shape index (κ2) is 7.69. The number of H-pyrrole nitrogens is 1. The molecular formula is C17H20N6O2S. The average Bonchev–Trinajstić information content (AvgIpc) is 3.43. The Labute approximate surface area is 154 Å². The van der Waals surface area contributed by atoms with Gasteiger partial charge in [0.15, 0.2) is 5.82 Å². The number of rotatable bonds is 5. The number of thiophene rings is 1. The van der Waals surface area contributed by atoms with E-state index in [1.54, 1.807) is 17.5 Å². The van der Waals surface area contributed by atoms with Crippen molar-refractivity contribution in [1.82, 2.24) is 30.3 Å². The zero-order chi connectivity index (χ0) is 17.8. The molecule has 1 aliphatic heterocycles. The Balaban J connectivity index is 1.29. The summed E-state index contributed by atoms with van der Waals surface area (Å²) in [5.41, 5.74) is 0. The number of aromatic amines is 1. The lowest BCUT2D eigenvalue weighted by Gasteiger charge is -2.31. The maximum Gasteiger partial charge on any atom is 0.317 e. The van der Waals surface area contributed by atoms with Gasteiger partial charge in [0.05, 0.1) is 6.54 Å². The Hall–Kier alpha value is -2.68. The van der Waals surface area contributed by atoms with Crippen molar-refractivity contribution in [2.24, 2.45) is 0 Å². The summed E-state index contributed by atoms with van der Waals surface area (Å²) < 4.78 is 5.23. The largest absolute Gasteiger partial charge is 0.348 e. The van der Waals surface area contributed by atoms with E-state index in [1.165, 1.54) is 4.88 Å². The summed E-state index contributed by atoms with van der Waals surface area (Å²) in [6.45, 7) is 1.64. The summed E-state index contributed by atoms with van der Waals surface area (Å²) >= 11 is 1.66. The third-order valence-corrected chi connectivity index (χ3v) is 5.30. The predicted octanol–water partition coefficient (Wildman–Crippen LogP) is 2.53. The van der Waals surface area contributed by atoms with Crippen LogP contribution in [0.15, 0.2) is 34.4 Å². The summed E-state index contributed by atoms with van der Waals surface area (Å²) in [7, 11) is 0. The molecule has 4 rings (SSSR count). The SMILES string of the molecule is O=C(NCc1nc(Cc2cccs2)no1)N1CCC[C@@H](c2ncc[nH]2)C1.